The molecule has 1 heterocycles. The highest BCUT2D eigenvalue weighted by Gasteiger charge is 2.23. The number of piperidine rings is 1. The third-order valence-electron chi connectivity index (χ3n) is 4.03. The highest BCUT2D eigenvalue weighted by Crippen LogP contribution is 2.14. The summed E-state index contributed by atoms with van der Waals surface area (Å²) < 4.78 is 23.8. The zero-order chi connectivity index (χ0) is 18.9. The summed E-state index contributed by atoms with van der Waals surface area (Å²) in [6, 6.07) is 6.16. The Morgan fingerprint density at radius 2 is 2.19 bits per heavy atom. The van der Waals surface area contributed by atoms with E-state index in [0.29, 0.717) is 38.0 Å². The zero-order valence-electron chi connectivity index (χ0n) is 15.3. The van der Waals surface area contributed by atoms with Crippen molar-refractivity contribution in [2.45, 2.75) is 38.8 Å². The molecular formula is C18H27FN4O3. The molecule has 1 aliphatic heterocycles. The molecule has 0 radical (unpaired) electrons. The van der Waals surface area contributed by atoms with Gasteiger partial charge in [-0.1, -0.05) is 6.07 Å². The van der Waals surface area contributed by atoms with Crippen molar-refractivity contribution in [3.63, 3.8) is 0 Å². The third-order valence-corrected chi connectivity index (χ3v) is 4.03. The Morgan fingerprint density at radius 3 is 2.85 bits per heavy atom. The SMILES string of the molecule is CCOC(=O)N1CCC(NC(N)=NCC(C)Oc2cccc(F)c2)CC1. The molecule has 1 fully saturated rings. The fourth-order valence-corrected chi connectivity index (χ4v) is 2.71. The molecule has 3 N–H and O–H groups in total. The van der Waals surface area contributed by atoms with Gasteiger partial charge >= 0.3 is 6.09 Å². The first-order valence-corrected chi connectivity index (χ1v) is 8.88. The number of guanidine groups is 1. The van der Waals surface area contributed by atoms with Gasteiger partial charge < -0.3 is 25.4 Å². The number of rotatable bonds is 6. The molecule has 1 amide bonds. The van der Waals surface area contributed by atoms with E-state index in [-0.39, 0.29) is 24.1 Å². The van der Waals surface area contributed by atoms with E-state index in [2.05, 4.69) is 10.3 Å². The van der Waals surface area contributed by atoms with Crippen molar-refractivity contribution in [1.29, 1.82) is 0 Å². The summed E-state index contributed by atoms with van der Waals surface area (Å²) in [6.07, 6.45) is 1.06. The van der Waals surface area contributed by atoms with Crippen LogP contribution in [-0.2, 0) is 4.74 Å². The van der Waals surface area contributed by atoms with E-state index in [4.69, 9.17) is 15.2 Å². The number of hydrogen-bond acceptors (Lipinski definition) is 4. The van der Waals surface area contributed by atoms with Crippen LogP contribution in [0, 0.1) is 5.82 Å². The van der Waals surface area contributed by atoms with Crippen LogP contribution < -0.4 is 15.8 Å². The number of benzene rings is 1. The first kappa shape index (κ1) is 19.8. The number of nitrogens with two attached hydrogens (primary N) is 1. The van der Waals surface area contributed by atoms with Crippen LogP contribution in [0.15, 0.2) is 29.3 Å². The van der Waals surface area contributed by atoms with Gasteiger partial charge in [0.05, 0.1) is 13.2 Å². The quantitative estimate of drug-likeness (QED) is 0.595. The maximum absolute atomic E-state index is 13.1. The van der Waals surface area contributed by atoms with Gasteiger partial charge in [-0.05, 0) is 38.8 Å². The number of hydrogen-bond donors (Lipinski definition) is 2. The second kappa shape index (κ2) is 9.84. The van der Waals surface area contributed by atoms with Crippen LogP contribution in [-0.4, -0.2) is 55.3 Å². The number of ether oxygens (including phenoxy) is 2. The Balaban J connectivity index is 1.72. The molecule has 144 valence electrons. The molecule has 7 nitrogen and oxygen atoms in total. The molecular weight excluding hydrogens is 339 g/mol. The predicted octanol–water partition coefficient (Wildman–Crippen LogP) is 2.12. The number of amides is 1. The van der Waals surface area contributed by atoms with Gasteiger partial charge in [0.15, 0.2) is 5.96 Å². The molecule has 1 aliphatic rings. The van der Waals surface area contributed by atoms with Crippen LogP contribution in [0.4, 0.5) is 9.18 Å². The topological polar surface area (TPSA) is 89.2 Å². The number of carbonyl (C=O) groups excluding carboxylic acids is 1. The number of carbonyl (C=O) groups is 1. The summed E-state index contributed by atoms with van der Waals surface area (Å²) in [5.74, 6) is 0.466. The highest BCUT2D eigenvalue weighted by molar-refractivity contribution is 5.78. The smallest absolute Gasteiger partial charge is 0.409 e. The first-order valence-electron chi connectivity index (χ1n) is 8.88. The van der Waals surface area contributed by atoms with Crippen molar-refractivity contribution in [2.24, 2.45) is 10.7 Å². The van der Waals surface area contributed by atoms with E-state index in [1.165, 1.54) is 12.1 Å². The van der Waals surface area contributed by atoms with Crippen molar-refractivity contribution < 1.29 is 18.7 Å². The van der Waals surface area contributed by atoms with Crippen LogP contribution in [0.3, 0.4) is 0 Å². The maximum atomic E-state index is 13.1. The number of likely N-dealkylation sites (tertiary alicyclic amines) is 1. The number of nitrogens with one attached hydrogen (secondary N) is 1. The number of aliphatic imine (C=N–C) groups is 1. The molecule has 1 unspecified atom stereocenters. The van der Waals surface area contributed by atoms with E-state index < -0.39 is 0 Å². The van der Waals surface area contributed by atoms with Crippen LogP contribution in [0.5, 0.6) is 5.75 Å². The van der Waals surface area contributed by atoms with Gasteiger partial charge in [-0.2, -0.15) is 0 Å². The van der Waals surface area contributed by atoms with Gasteiger partial charge in [0.2, 0.25) is 0 Å². The van der Waals surface area contributed by atoms with Gasteiger partial charge in [0.1, 0.15) is 17.7 Å². The van der Waals surface area contributed by atoms with Crippen molar-refractivity contribution in [1.82, 2.24) is 10.2 Å². The summed E-state index contributed by atoms with van der Waals surface area (Å²) in [5.41, 5.74) is 5.93. The van der Waals surface area contributed by atoms with Crippen LogP contribution in [0.25, 0.3) is 0 Å². The van der Waals surface area contributed by atoms with Gasteiger partial charge in [-0.3, -0.25) is 0 Å². The summed E-state index contributed by atoms with van der Waals surface area (Å²) in [7, 11) is 0. The molecule has 0 aliphatic carbocycles. The Kier molecular flexibility index (Phi) is 7.50. The molecule has 0 spiro atoms. The molecule has 0 saturated carbocycles. The van der Waals surface area contributed by atoms with Crippen LogP contribution in [0.1, 0.15) is 26.7 Å². The molecule has 0 aromatic heterocycles. The normalized spacial score (nSPS) is 16.9. The Morgan fingerprint density at radius 1 is 1.46 bits per heavy atom. The van der Waals surface area contributed by atoms with Crippen LogP contribution in [0.2, 0.25) is 0 Å². The molecule has 8 heteroatoms. The largest absolute Gasteiger partial charge is 0.489 e. The standard InChI is InChI=1S/C18H27FN4O3/c1-3-25-18(24)23-9-7-15(8-10-23)22-17(20)21-12-13(2)26-16-6-4-5-14(19)11-16/h4-6,11,13,15H,3,7-10,12H2,1-2H3,(H3,20,21,22). The first-order chi connectivity index (χ1) is 12.5. The molecule has 1 aromatic rings. The van der Waals surface area contributed by atoms with Crippen molar-refractivity contribution in [2.75, 3.05) is 26.2 Å². The van der Waals surface area contributed by atoms with Gasteiger partial charge in [0.25, 0.3) is 0 Å². The molecule has 1 saturated heterocycles. The van der Waals surface area contributed by atoms with E-state index in [1.54, 1.807) is 24.0 Å². The molecule has 1 aromatic carbocycles. The van der Waals surface area contributed by atoms with Crippen molar-refractivity contribution in [3.05, 3.63) is 30.1 Å². The predicted molar refractivity (Wildman–Crippen MR) is 97.7 cm³/mol. The number of halogens is 1. The van der Waals surface area contributed by atoms with Gasteiger partial charge in [-0.25, -0.2) is 14.2 Å². The highest BCUT2D eigenvalue weighted by atomic mass is 19.1. The lowest BCUT2D eigenvalue weighted by atomic mass is 10.1. The average Bonchev–Trinajstić information content (AvgIpc) is 2.61. The van der Waals surface area contributed by atoms with E-state index in [9.17, 15) is 9.18 Å². The lowest BCUT2D eigenvalue weighted by Gasteiger charge is -2.31. The minimum atomic E-state index is -0.339. The third kappa shape index (κ3) is 6.42. The summed E-state index contributed by atoms with van der Waals surface area (Å²) in [5, 5.41) is 3.17. The van der Waals surface area contributed by atoms with Crippen molar-refractivity contribution in [3.8, 4) is 5.75 Å². The second-order valence-electron chi connectivity index (χ2n) is 6.22. The lowest BCUT2D eigenvalue weighted by Crippen LogP contribution is -2.48. The van der Waals surface area contributed by atoms with E-state index >= 15 is 0 Å². The second-order valence-corrected chi connectivity index (χ2v) is 6.22. The van der Waals surface area contributed by atoms with Gasteiger partial charge in [0, 0.05) is 25.2 Å². The molecule has 2 rings (SSSR count). The number of nitrogens with zero attached hydrogens (tertiary/aromatic N) is 2. The van der Waals surface area contributed by atoms with E-state index in [1.807, 2.05) is 6.92 Å². The fourth-order valence-electron chi connectivity index (χ4n) is 2.71. The Labute approximate surface area is 153 Å². The Hall–Kier alpha value is -2.51. The maximum Gasteiger partial charge on any atom is 0.409 e. The van der Waals surface area contributed by atoms with E-state index in [0.717, 1.165) is 12.8 Å². The minimum absolute atomic E-state index is 0.170. The summed E-state index contributed by atoms with van der Waals surface area (Å²) >= 11 is 0. The summed E-state index contributed by atoms with van der Waals surface area (Å²) in [6.45, 7) is 5.64. The monoisotopic (exact) mass is 366 g/mol. The molecule has 1 atom stereocenters. The summed E-state index contributed by atoms with van der Waals surface area (Å²) in [4.78, 5) is 17.7. The van der Waals surface area contributed by atoms with Crippen molar-refractivity contribution >= 4 is 12.1 Å². The fraction of sp³-hybridized carbons (Fsp3) is 0.556. The minimum Gasteiger partial charge on any atom is -0.489 e. The van der Waals surface area contributed by atoms with Gasteiger partial charge in [-0.15, -0.1) is 0 Å². The average molecular weight is 366 g/mol. The zero-order valence-corrected chi connectivity index (χ0v) is 15.3. The molecule has 26 heavy (non-hydrogen) atoms. The van der Waals surface area contributed by atoms with Crippen LogP contribution >= 0.6 is 0 Å². The Bertz CT molecular complexity index is 618. The molecule has 0 bridgehead atoms. The lowest BCUT2D eigenvalue weighted by molar-refractivity contribution is 0.0963.